The van der Waals surface area contributed by atoms with E-state index in [0.717, 1.165) is 6.07 Å². The van der Waals surface area contributed by atoms with Crippen LogP contribution in [0, 0.1) is 0 Å². The molecule has 0 radical (unpaired) electrons. The van der Waals surface area contributed by atoms with Gasteiger partial charge in [-0.3, -0.25) is 0 Å². The molecule has 0 saturated carbocycles. The van der Waals surface area contributed by atoms with Crippen molar-refractivity contribution in [2.75, 3.05) is 0 Å². The number of rotatable bonds is 2. The van der Waals surface area contributed by atoms with E-state index in [-0.39, 0.29) is 5.15 Å². The molecule has 0 unspecified atom stereocenters. The number of carboxylic acids is 1. The van der Waals surface area contributed by atoms with Crippen LogP contribution >= 0.6 is 23.2 Å². The third kappa shape index (κ3) is 1.93. The first-order valence-electron chi connectivity index (χ1n) is 3.28. The molecule has 0 spiro atoms. The van der Waals surface area contributed by atoms with Gasteiger partial charge in [0.05, 0.1) is 10.6 Å². The minimum absolute atomic E-state index is 0.0834. The van der Waals surface area contributed by atoms with E-state index in [4.69, 9.17) is 28.3 Å². The summed E-state index contributed by atoms with van der Waals surface area (Å²) in [5.41, 5.74) is -0.879. The molecule has 1 rings (SSSR count). The van der Waals surface area contributed by atoms with E-state index in [2.05, 4.69) is 4.98 Å². The maximum absolute atomic E-state index is 12.9. The van der Waals surface area contributed by atoms with Crippen LogP contribution in [-0.2, 0) is 10.7 Å². The Balaban J connectivity index is 3.26. The number of carbonyl (C=O) groups is 1. The number of pyridine rings is 1. The van der Waals surface area contributed by atoms with E-state index >= 15 is 0 Å². The smallest absolute Gasteiger partial charge is 0.379 e. The SMILES string of the molecule is O=C(O)C(F)(F)c1cnc(Cl)cc1Cl. The lowest BCUT2D eigenvalue weighted by molar-refractivity contribution is -0.166. The number of nitrogens with zero attached hydrogens (tertiary/aromatic N) is 1. The predicted octanol–water partition coefficient (Wildman–Crippen LogP) is 2.56. The molecule has 1 aromatic heterocycles. The van der Waals surface area contributed by atoms with Gasteiger partial charge >= 0.3 is 11.9 Å². The molecule has 0 aliphatic carbocycles. The molecular weight excluding hydrogens is 239 g/mol. The second-order valence-electron chi connectivity index (χ2n) is 2.37. The van der Waals surface area contributed by atoms with Gasteiger partial charge in [0.25, 0.3) is 0 Å². The molecule has 1 N–H and O–H groups in total. The highest BCUT2D eigenvalue weighted by Gasteiger charge is 2.43. The van der Waals surface area contributed by atoms with Gasteiger partial charge in [-0.1, -0.05) is 23.2 Å². The maximum Gasteiger partial charge on any atom is 0.379 e. The molecule has 14 heavy (non-hydrogen) atoms. The van der Waals surface area contributed by atoms with E-state index < -0.39 is 22.5 Å². The van der Waals surface area contributed by atoms with E-state index in [0.29, 0.717) is 6.20 Å². The van der Waals surface area contributed by atoms with Gasteiger partial charge in [-0.2, -0.15) is 8.78 Å². The minimum Gasteiger partial charge on any atom is -0.477 e. The fraction of sp³-hybridized carbons (Fsp3) is 0.143. The zero-order valence-corrected chi connectivity index (χ0v) is 7.98. The summed E-state index contributed by atoms with van der Waals surface area (Å²) < 4.78 is 25.8. The lowest BCUT2D eigenvalue weighted by atomic mass is 10.1. The number of aliphatic carboxylic acids is 1. The molecule has 0 aliphatic rings. The topological polar surface area (TPSA) is 50.2 Å². The number of carboxylic acid groups (broad SMARTS) is 1. The van der Waals surface area contributed by atoms with Crippen LogP contribution in [0.3, 0.4) is 0 Å². The Bertz CT molecular complexity index is 384. The normalized spacial score (nSPS) is 11.4. The number of alkyl halides is 2. The molecule has 1 heterocycles. The summed E-state index contributed by atoms with van der Waals surface area (Å²) >= 11 is 10.7. The van der Waals surface area contributed by atoms with Gasteiger partial charge < -0.3 is 5.11 Å². The molecule has 1 aromatic rings. The van der Waals surface area contributed by atoms with E-state index in [9.17, 15) is 13.6 Å². The van der Waals surface area contributed by atoms with Crippen molar-refractivity contribution < 1.29 is 18.7 Å². The maximum atomic E-state index is 12.9. The van der Waals surface area contributed by atoms with Crippen LogP contribution in [0.5, 0.6) is 0 Å². The molecule has 0 fully saturated rings. The van der Waals surface area contributed by atoms with Crippen molar-refractivity contribution in [3.8, 4) is 0 Å². The van der Waals surface area contributed by atoms with Crippen molar-refractivity contribution in [3.05, 3.63) is 28.0 Å². The quantitative estimate of drug-likeness (QED) is 0.810. The molecule has 76 valence electrons. The van der Waals surface area contributed by atoms with E-state index in [1.54, 1.807) is 0 Å². The van der Waals surface area contributed by atoms with Gasteiger partial charge in [-0.25, -0.2) is 9.78 Å². The average Bonchev–Trinajstić information content (AvgIpc) is 2.02. The van der Waals surface area contributed by atoms with Crippen LogP contribution in [-0.4, -0.2) is 16.1 Å². The summed E-state index contributed by atoms with van der Waals surface area (Å²) in [5, 5.41) is 7.70. The summed E-state index contributed by atoms with van der Waals surface area (Å²) in [5.74, 6) is -6.35. The van der Waals surface area contributed by atoms with Crippen molar-refractivity contribution >= 4 is 29.2 Å². The Hall–Kier alpha value is -0.940. The first kappa shape index (κ1) is 11.1. The molecule has 0 bridgehead atoms. The Morgan fingerprint density at radius 1 is 1.50 bits per heavy atom. The average molecular weight is 242 g/mol. The second kappa shape index (κ2) is 3.67. The van der Waals surface area contributed by atoms with Crippen LogP contribution < -0.4 is 0 Å². The summed E-state index contributed by atoms with van der Waals surface area (Å²) in [7, 11) is 0. The van der Waals surface area contributed by atoms with Gasteiger partial charge in [0.2, 0.25) is 0 Å². The Labute approximate surface area is 87.3 Å². The predicted molar refractivity (Wildman–Crippen MR) is 45.8 cm³/mol. The minimum atomic E-state index is -4.06. The Morgan fingerprint density at radius 2 is 2.07 bits per heavy atom. The molecule has 0 atom stereocenters. The van der Waals surface area contributed by atoms with Crippen LogP contribution in [0.4, 0.5) is 8.78 Å². The fourth-order valence-corrected chi connectivity index (χ4v) is 1.24. The van der Waals surface area contributed by atoms with Crippen LogP contribution in [0.2, 0.25) is 10.2 Å². The Morgan fingerprint density at radius 3 is 2.50 bits per heavy atom. The third-order valence-electron chi connectivity index (χ3n) is 1.43. The summed E-state index contributed by atoms with van der Waals surface area (Å²) in [6, 6.07) is 0.954. The number of aromatic nitrogens is 1. The van der Waals surface area contributed by atoms with Crippen LogP contribution in [0.25, 0.3) is 0 Å². The summed E-state index contributed by atoms with van der Waals surface area (Å²) in [4.78, 5) is 13.5. The zero-order chi connectivity index (χ0) is 10.9. The number of hydrogen-bond acceptors (Lipinski definition) is 2. The highest BCUT2D eigenvalue weighted by Crippen LogP contribution is 2.33. The van der Waals surface area contributed by atoms with Crippen molar-refractivity contribution in [1.82, 2.24) is 4.98 Å². The van der Waals surface area contributed by atoms with Crippen molar-refractivity contribution in [2.24, 2.45) is 0 Å². The van der Waals surface area contributed by atoms with Gasteiger partial charge in [0.15, 0.2) is 0 Å². The largest absolute Gasteiger partial charge is 0.477 e. The van der Waals surface area contributed by atoms with Crippen molar-refractivity contribution in [2.45, 2.75) is 5.92 Å². The van der Waals surface area contributed by atoms with Gasteiger partial charge in [-0.15, -0.1) is 0 Å². The molecular formula is C7H3Cl2F2NO2. The van der Waals surface area contributed by atoms with Crippen LogP contribution in [0.15, 0.2) is 12.3 Å². The first-order valence-corrected chi connectivity index (χ1v) is 4.04. The lowest BCUT2D eigenvalue weighted by Crippen LogP contribution is -2.25. The van der Waals surface area contributed by atoms with Gasteiger partial charge in [0, 0.05) is 6.20 Å². The standard InChI is InChI=1S/C7H3Cl2F2NO2/c8-4-1-5(9)12-2-3(4)7(10,11)6(13)14/h1-2H,(H,13,14). The molecule has 7 heteroatoms. The van der Waals surface area contributed by atoms with Crippen LogP contribution in [0.1, 0.15) is 5.56 Å². The van der Waals surface area contributed by atoms with Gasteiger partial charge in [-0.05, 0) is 6.07 Å². The molecule has 0 amide bonds. The Kier molecular flexibility index (Phi) is 2.92. The summed E-state index contributed by atoms with van der Waals surface area (Å²) in [6.07, 6.45) is 0.638. The van der Waals surface area contributed by atoms with Gasteiger partial charge in [0.1, 0.15) is 5.15 Å². The molecule has 0 saturated heterocycles. The highest BCUT2D eigenvalue weighted by atomic mass is 35.5. The number of halogens is 4. The molecule has 0 aliphatic heterocycles. The summed E-state index contributed by atoms with van der Waals surface area (Å²) in [6.45, 7) is 0. The highest BCUT2D eigenvalue weighted by molar-refractivity contribution is 6.34. The first-order chi connectivity index (χ1) is 6.35. The fourth-order valence-electron chi connectivity index (χ4n) is 0.754. The zero-order valence-electron chi connectivity index (χ0n) is 6.47. The lowest BCUT2D eigenvalue weighted by Gasteiger charge is -2.12. The molecule has 3 nitrogen and oxygen atoms in total. The monoisotopic (exact) mass is 241 g/mol. The number of hydrogen-bond donors (Lipinski definition) is 1. The van der Waals surface area contributed by atoms with Crippen molar-refractivity contribution in [1.29, 1.82) is 0 Å². The van der Waals surface area contributed by atoms with E-state index in [1.807, 2.05) is 0 Å². The molecule has 0 aromatic carbocycles. The van der Waals surface area contributed by atoms with Crippen molar-refractivity contribution in [3.63, 3.8) is 0 Å². The third-order valence-corrected chi connectivity index (χ3v) is 1.95. The van der Waals surface area contributed by atoms with E-state index in [1.165, 1.54) is 0 Å². The second-order valence-corrected chi connectivity index (χ2v) is 3.16.